The number of ether oxygens (including phenoxy) is 1. The number of nitrogens with one attached hydrogen (secondary N) is 1. The average Bonchev–Trinajstić information content (AvgIpc) is 2.60. The van der Waals surface area contributed by atoms with Gasteiger partial charge < -0.3 is 20.6 Å². The Morgan fingerprint density at radius 3 is 2.50 bits per heavy atom. The highest BCUT2D eigenvalue weighted by molar-refractivity contribution is 5.95. The van der Waals surface area contributed by atoms with Crippen LogP contribution in [0.25, 0.3) is 0 Å². The van der Waals surface area contributed by atoms with E-state index >= 15 is 0 Å². The first kappa shape index (κ1) is 18.8. The first-order valence-corrected chi connectivity index (χ1v) is 7.34. The van der Waals surface area contributed by atoms with Gasteiger partial charge >= 0.3 is 6.61 Å². The lowest BCUT2D eigenvalue weighted by Crippen LogP contribution is -2.17. The number of nitrogens with two attached hydrogens (primary N) is 1. The highest BCUT2D eigenvalue weighted by atomic mass is 19.3. The molecule has 0 aliphatic carbocycles. The highest BCUT2D eigenvalue weighted by Gasteiger charge is 2.08. The maximum absolute atomic E-state index is 12.3. The smallest absolute Gasteiger partial charge is 0.387 e. The van der Waals surface area contributed by atoms with Crippen LogP contribution in [0.3, 0.4) is 0 Å². The highest BCUT2D eigenvalue weighted by Crippen LogP contribution is 2.18. The molecular formula is C17H15F2N3O4. The number of alkyl halides is 2. The molecule has 0 unspecified atom stereocenters. The number of hydrogen-bond donors (Lipinski definition) is 2. The van der Waals surface area contributed by atoms with Crippen molar-refractivity contribution in [1.82, 2.24) is 0 Å². The molecule has 0 aromatic heterocycles. The van der Waals surface area contributed by atoms with Crippen LogP contribution in [0.15, 0.2) is 53.7 Å². The van der Waals surface area contributed by atoms with Crippen molar-refractivity contribution >= 4 is 23.7 Å². The molecule has 2 rings (SSSR count). The first-order chi connectivity index (χ1) is 12.5. The normalized spacial score (nSPS) is 10.7. The molecule has 0 bridgehead atoms. The number of anilines is 1. The zero-order chi connectivity index (χ0) is 18.9. The summed E-state index contributed by atoms with van der Waals surface area (Å²) < 4.78 is 28.9. The zero-order valence-electron chi connectivity index (χ0n) is 13.4. The molecule has 0 saturated heterocycles. The molecular weight excluding hydrogens is 348 g/mol. The molecule has 0 heterocycles. The van der Waals surface area contributed by atoms with Gasteiger partial charge in [-0.25, -0.2) is 0 Å². The van der Waals surface area contributed by atoms with Gasteiger partial charge in [-0.1, -0.05) is 17.3 Å². The Kier molecular flexibility index (Phi) is 6.60. The van der Waals surface area contributed by atoms with Crippen LogP contribution in [-0.4, -0.2) is 31.2 Å². The summed E-state index contributed by atoms with van der Waals surface area (Å²) in [4.78, 5) is 27.5. The van der Waals surface area contributed by atoms with Gasteiger partial charge in [0.2, 0.25) is 5.91 Å². The fourth-order valence-corrected chi connectivity index (χ4v) is 1.90. The molecule has 136 valence electrons. The predicted molar refractivity (Wildman–Crippen MR) is 90.2 cm³/mol. The van der Waals surface area contributed by atoms with Gasteiger partial charge in [-0.05, 0) is 36.4 Å². The Morgan fingerprint density at radius 2 is 1.85 bits per heavy atom. The Bertz CT molecular complexity index is 795. The number of carbonyl (C=O) groups is 2. The van der Waals surface area contributed by atoms with Crippen LogP contribution in [0.1, 0.15) is 15.9 Å². The Balaban J connectivity index is 1.84. The van der Waals surface area contributed by atoms with E-state index in [9.17, 15) is 18.4 Å². The van der Waals surface area contributed by atoms with Crippen molar-refractivity contribution in [3.05, 3.63) is 59.7 Å². The van der Waals surface area contributed by atoms with Crippen LogP contribution >= 0.6 is 0 Å². The summed E-state index contributed by atoms with van der Waals surface area (Å²) >= 11 is 0. The van der Waals surface area contributed by atoms with Gasteiger partial charge in [-0.15, -0.1) is 0 Å². The summed E-state index contributed by atoms with van der Waals surface area (Å²) in [6.45, 7) is -3.36. The van der Waals surface area contributed by atoms with Gasteiger partial charge in [0.25, 0.3) is 5.91 Å². The number of oxime groups is 1. The lowest BCUT2D eigenvalue weighted by Gasteiger charge is -2.07. The quantitative estimate of drug-likeness (QED) is 0.555. The minimum Gasteiger partial charge on any atom is -0.434 e. The molecule has 2 aromatic carbocycles. The maximum Gasteiger partial charge on any atom is 0.387 e. The number of benzene rings is 2. The second-order valence-corrected chi connectivity index (χ2v) is 4.91. The molecule has 26 heavy (non-hydrogen) atoms. The fourth-order valence-electron chi connectivity index (χ4n) is 1.90. The van der Waals surface area contributed by atoms with Crippen molar-refractivity contribution in [2.45, 2.75) is 6.61 Å². The predicted octanol–water partition coefficient (Wildman–Crippen LogP) is 2.38. The summed E-state index contributed by atoms with van der Waals surface area (Å²) in [6.07, 6.45) is 1.16. The molecule has 2 aromatic rings. The molecule has 0 aliphatic rings. The molecule has 7 nitrogen and oxygen atoms in total. The van der Waals surface area contributed by atoms with Crippen LogP contribution < -0.4 is 15.8 Å². The van der Waals surface area contributed by atoms with E-state index in [2.05, 4.69) is 15.2 Å². The third-order valence-corrected chi connectivity index (χ3v) is 3.05. The Labute approximate surface area is 147 Å². The lowest BCUT2D eigenvalue weighted by atomic mass is 10.2. The molecule has 0 radical (unpaired) electrons. The van der Waals surface area contributed by atoms with Crippen molar-refractivity contribution in [3.8, 4) is 5.75 Å². The fraction of sp³-hybridized carbons (Fsp3) is 0.118. The molecule has 3 N–H and O–H groups in total. The molecule has 0 saturated carbocycles. The summed E-state index contributed by atoms with van der Waals surface area (Å²) in [5, 5.41) is 6.09. The molecule has 0 spiro atoms. The monoisotopic (exact) mass is 363 g/mol. The maximum atomic E-state index is 12.3. The Hall–Kier alpha value is -3.49. The van der Waals surface area contributed by atoms with E-state index in [1.54, 1.807) is 6.07 Å². The zero-order valence-corrected chi connectivity index (χ0v) is 13.4. The van der Waals surface area contributed by atoms with Crippen molar-refractivity contribution in [2.24, 2.45) is 10.9 Å². The van der Waals surface area contributed by atoms with Crippen LogP contribution in [0.2, 0.25) is 0 Å². The number of carbonyl (C=O) groups excluding carboxylic acids is 2. The number of hydrogen-bond acceptors (Lipinski definition) is 5. The second kappa shape index (κ2) is 9.11. The van der Waals surface area contributed by atoms with Gasteiger partial charge in [0.05, 0.1) is 6.21 Å². The van der Waals surface area contributed by atoms with Crippen molar-refractivity contribution in [2.75, 3.05) is 11.9 Å². The summed E-state index contributed by atoms with van der Waals surface area (Å²) in [6, 6.07) is 12.0. The number of halogens is 2. The number of amides is 2. The number of primary amides is 1. The van der Waals surface area contributed by atoms with E-state index in [1.807, 2.05) is 0 Å². The van der Waals surface area contributed by atoms with Crippen molar-refractivity contribution in [1.29, 1.82) is 0 Å². The average molecular weight is 363 g/mol. The minimum atomic E-state index is -2.96. The van der Waals surface area contributed by atoms with Crippen LogP contribution in [0.5, 0.6) is 5.75 Å². The van der Waals surface area contributed by atoms with Crippen LogP contribution in [0.4, 0.5) is 14.5 Å². The van der Waals surface area contributed by atoms with E-state index in [0.29, 0.717) is 11.3 Å². The van der Waals surface area contributed by atoms with Gasteiger partial charge in [0, 0.05) is 16.8 Å². The van der Waals surface area contributed by atoms with E-state index in [4.69, 9.17) is 10.6 Å². The molecule has 9 heteroatoms. The topological polar surface area (TPSA) is 103 Å². The van der Waals surface area contributed by atoms with E-state index in [0.717, 1.165) is 6.21 Å². The van der Waals surface area contributed by atoms with Crippen molar-refractivity contribution < 1.29 is 27.9 Å². The van der Waals surface area contributed by atoms with E-state index in [-0.39, 0.29) is 11.3 Å². The van der Waals surface area contributed by atoms with Gasteiger partial charge in [-0.2, -0.15) is 8.78 Å². The standard InChI is InChI=1S/C17H15F2N3O4/c18-17(19)26-14-4-2-1-3-12(14)9-21-25-10-15(23)22-13-7-5-11(6-8-13)16(20)24/h1-9,17H,10H2,(H2,20,24)(H,22,23)/b21-9-. The number of nitrogens with zero attached hydrogens (tertiary/aromatic N) is 1. The van der Waals surface area contributed by atoms with E-state index < -0.39 is 25.0 Å². The van der Waals surface area contributed by atoms with Gasteiger partial charge in [0.15, 0.2) is 6.61 Å². The summed E-state index contributed by atoms with van der Waals surface area (Å²) in [7, 11) is 0. The third kappa shape index (κ3) is 5.86. The van der Waals surface area contributed by atoms with Gasteiger partial charge in [-0.3, -0.25) is 9.59 Å². The number of rotatable bonds is 8. The lowest BCUT2D eigenvalue weighted by molar-refractivity contribution is -0.120. The molecule has 0 fully saturated rings. The van der Waals surface area contributed by atoms with E-state index in [1.165, 1.54) is 42.5 Å². The van der Waals surface area contributed by atoms with Crippen LogP contribution in [-0.2, 0) is 9.63 Å². The third-order valence-electron chi connectivity index (χ3n) is 3.05. The SMILES string of the molecule is NC(=O)c1ccc(NC(=O)CO/N=C\c2ccccc2OC(F)F)cc1. The molecule has 0 aliphatic heterocycles. The first-order valence-electron chi connectivity index (χ1n) is 7.34. The minimum absolute atomic E-state index is 0.0613. The molecule has 0 atom stereocenters. The summed E-state index contributed by atoms with van der Waals surface area (Å²) in [5.74, 6) is -1.13. The van der Waals surface area contributed by atoms with Gasteiger partial charge in [0.1, 0.15) is 5.75 Å². The largest absolute Gasteiger partial charge is 0.434 e. The molecule has 2 amide bonds. The second-order valence-electron chi connectivity index (χ2n) is 4.91. The summed E-state index contributed by atoms with van der Waals surface area (Å²) in [5.41, 5.74) is 6.15. The van der Waals surface area contributed by atoms with Crippen molar-refractivity contribution in [3.63, 3.8) is 0 Å². The number of para-hydroxylation sites is 1. The Morgan fingerprint density at radius 1 is 1.15 bits per heavy atom. The van der Waals surface area contributed by atoms with Crippen LogP contribution in [0, 0.1) is 0 Å².